The summed E-state index contributed by atoms with van der Waals surface area (Å²) in [6.07, 6.45) is 4.16. The van der Waals surface area contributed by atoms with Crippen LogP contribution in [-0.2, 0) is 11.3 Å². The molecule has 1 saturated heterocycles. The standard InChI is InChI=1S/C20H32N2O.ClH/c1-4-17(3)22(15-18-9-6-5-7-10-18)20(23)13-16(2)19-11-8-12-21-14-19;/h5-7,9-10,16-17,19,21H,4,8,11-15H2,1-3H3;1H. The zero-order valence-corrected chi connectivity index (χ0v) is 16.1. The van der Waals surface area contributed by atoms with Gasteiger partial charge in [0.2, 0.25) is 5.91 Å². The molecule has 1 aromatic rings. The van der Waals surface area contributed by atoms with Crippen molar-refractivity contribution in [2.45, 2.75) is 59.0 Å². The van der Waals surface area contributed by atoms with Gasteiger partial charge in [-0.25, -0.2) is 0 Å². The Morgan fingerprint density at radius 2 is 2.00 bits per heavy atom. The summed E-state index contributed by atoms with van der Waals surface area (Å²) in [6, 6.07) is 10.6. The van der Waals surface area contributed by atoms with Gasteiger partial charge in [-0.05, 0) is 56.7 Å². The fraction of sp³-hybridized carbons (Fsp3) is 0.650. The van der Waals surface area contributed by atoms with Gasteiger partial charge < -0.3 is 10.2 Å². The lowest BCUT2D eigenvalue weighted by Gasteiger charge is -2.33. The first-order chi connectivity index (χ1) is 11.1. The molecule has 1 heterocycles. The van der Waals surface area contributed by atoms with Gasteiger partial charge in [0.05, 0.1) is 0 Å². The molecule has 1 N–H and O–H groups in total. The van der Waals surface area contributed by atoms with Crippen LogP contribution in [0.5, 0.6) is 0 Å². The molecule has 2 rings (SSSR count). The van der Waals surface area contributed by atoms with Crippen molar-refractivity contribution in [3.05, 3.63) is 35.9 Å². The van der Waals surface area contributed by atoms with Gasteiger partial charge in [-0.2, -0.15) is 0 Å². The Bertz CT molecular complexity index is 474. The number of carbonyl (C=O) groups is 1. The molecular weight excluding hydrogens is 320 g/mol. The van der Waals surface area contributed by atoms with Gasteiger partial charge in [-0.3, -0.25) is 4.79 Å². The largest absolute Gasteiger partial charge is 0.336 e. The van der Waals surface area contributed by atoms with Crippen LogP contribution in [0, 0.1) is 11.8 Å². The number of nitrogens with one attached hydrogen (secondary N) is 1. The van der Waals surface area contributed by atoms with E-state index in [2.05, 4.69) is 43.1 Å². The summed E-state index contributed by atoms with van der Waals surface area (Å²) in [6.45, 7) is 9.48. The number of rotatable bonds is 7. The highest BCUT2D eigenvalue weighted by Crippen LogP contribution is 2.24. The smallest absolute Gasteiger partial charge is 0.223 e. The van der Waals surface area contributed by atoms with Crippen LogP contribution in [0.15, 0.2) is 30.3 Å². The van der Waals surface area contributed by atoms with Crippen molar-refractivity contribution in [1.82, 2.24) is 10.2 Å². The summed E-state index contributed by atoms with van der Waals surface area (Å²) in [4.78, 5) is 15.0. The first-order valence-corrected chi connectivity index (χ1v) is 9.16. The van der Waals surface area contributed by atoms with Crippen molar-refractivity contribution in [1.29, 1.82) is 0 Å². The molecule has 3 nitrogen and oxygen atoms in total. The molecule has 4 heteroatoms. The van der Waals surface area contributed by atoms with Crippen LogP contribution < -0.4 is 5.32 Å². The number of amides is 1. The van der Waals surface area contributed by atoms with E-state index in [1.807, 2.05) is 18.2 Å². The zero-order chi connectivity index (χ0) is 16.7. The third-order valence-electron chi connectivity index (χ3n) is 5.28. The summed E-state index contributed by atoms with van der Waals surface area (Å²) < 4.78 is 0. The molecule has 1 fully saturated rings. The van der Waals surface area contributed by atoms with Crippen molar-refractivity contribution >= 4 is 18.3 Å². The van der Waals surface area contributed by atoms with Crippen molar-refractivity contribution in [3.8, 4) is 0 Å². The van der Waals surface area contributed by atoms with Gasteiger partial charge in [-0.1, -0.05) is 44.2 Å². The number of carbonyl (C=O) groups excluding carboxylic acids is 1. The summed E-state index contributed by atoms with van der Waals surface area (Å²) >= 11 is 0. The third-order valence-corrected chi connectivity index (χ3v) is 5.28. The Kier molecular flexibility index (Phi) is 9.38. The maximum atomic E-state index is 12.9. The van der Waals surface area contributed by atoms with E-state index < -0.39 is 0 Å². The van der Waals surface area contributed by atoms with Crippen LogP contribution in [0.1, 0.15) is 52.0 Å². The summed E-state index contributed by atoms with van der Waals surface area (Å²) in [5.41, 5.74) is 1.22. The lowest BCUT2D eigenvalue weighted by Crippen LogP contribution is -2.40. The van der Waals surface area contributed by atoms with Gasteiger partial charge in [0.15, 0.2) is 0 Å². The van der Waals surface area contributed by atoms with Crippen molar-refractivity contribution in [2.75, 3.05) is 13.1 Å². The van der Waals surface area contributed by atoms with Crippen LogP contribution in [-0.4, -0.2) is 29.9 Å². The average molecular weight is 353 g/mol. The van der Waals surface area contributed by atoms with Crippen LogP contribution in [0.25, 0.3) is 0 Å². The van der Waals surface area contributed by atoms with E-state index in [0.29, 0.717) is 30.2 Å². The maximum absolute atomic E-state index is 12.9. The second kappa shape index (κ2) is 10.7. The first-order valence-electron chi connectivity index (χ1n) is 9.16. The van der Waals surface area contributed by atoms with E-state index in [4.69, 9.17) is 0 Å². The van der Waals surface area contributed by atoms with E-state index in [1.165, 1.54) is 18.4 Å². The number of hydrogen-bond donors (Lipinski definition) is 1. The fourth-order valence-corrected chi connectivity index (χ4v) is 3.41. The van der Waals surface area contributed by atoms with Gasteiger partial charge in [0, 0.05) is 19.0 Å². The molecule has 0 radical (unpaired) electrons. The fourth-order valence-electron chi connectivity index (χ4n) is 3.41. The number of halogens is 1. The molecule has 0 bridgehead atoms. The lowest BCUT2D eigenvalue weighted by atomic mass is 9.85. The van der Waals surface area contributed by atoms with E-state index in [1.54, 1.807) is 0 Å². The van der Waals surface area contributed by atoms with Gasteiger partial charge in [-0.15, -0.1) is 12.4 Å². The Labute approximate surface area is 153 Å². The van der Waals surface area contributed by atoms with E-state index in [9.17, 15) is 4.79 Å². The van der Waals surface area contributed by atoms with Crippen molar-refractivity contribution in [2.24, 2.45) is 11.8 Å². The highest BCUT2D eigenvalue weighted by molar-refractivity contribution is 5.85. The average Bonchev–Trinajstić information content (AvgIpc) is 2.60. The normalized spacial score (nSPS) is 19.9. The number of nitrogens with zero attached hydrogens (tertiary/aromatic N) is 1. The first kappa shape index (κ1) is 21.0. The maximum Gasteiger partial charge on any atom is 0.223 e. The molecule has 0 spiro atoms. The molecule has 1 aliphatic heterocycles. The predicted molar refractivity (Wildman–Crippen MR) is 103 cm³/mol. The van der Waals surface area contributed by atoms with Crippen molar-refractivity contribution in [3.63, 3.8) is 0 Å². The topological polar surface area (TPSA) is 32.3 Å². The van der Waals surface area contributed by atoms with E-state index in [-0.39, 0.29) is 12.4 Å². The predicted octanol–water partition coefficient (Wildman–Crippen LogP) is 4.26. The Hall–Kier alpha value is -1.06. The molecule has 0 aliphatic carbocycles. The highest BCUT2D eigenvalue weighted by atomic mass is 35.5. The molecule has 0 aromatic heterocycles. The number of piperidine rings is 1. The van der Waals surface area contributed by atoms with Gasteiger partial charge in [0.1, 0.15) is 0 Å². The summed E-state index contributed by atoms with van der Waals surface area (Å²) in [5.74, 6) is 1.40. The van der Waals surface area contributed by atoms with Crippen molar-refractivity contribution < 1.29 is 4.79 Å². The summed E-state index contributed by atoms with van der Waals surface area (Å²) in [7, 11) is 0. The second-order valence-corrected chi connectivity index (χ2v) is 7.05. The minimum Gasteiger partial charge on any atom is -0.336 e. The molecule has 136 valence electrons. The Morgan fingerprint density at radius 1 is 1.29 bits per heavy atom. The molecule has 1 aromatic carbocycles. The minimum atomic E-state index is 0. The molecule has 3 atom stereocenters. The lowest BCUT2D eigenvalue weighted by molar-refractivity contribution is -0.135. The second-order valence-electron chi connectivity index (χ2n) is 7.05. The Morgan fingerprint density at radius 3 is 2.58 bits per heavy atom. The molecule has 1 amide bonds. The third kappa shape index (κ3) is 6.10. The van der Waals surface area contributed by atoms with Gasteiger partial charge in [0.25, 0.3) is 0 Å². The molecule has 1 aliphatic rings. The molecular formula is C20H33ClN2O. The molecule has 3 unspecified atom stereocenters. The van der Waals surface area contributed by atoms with E-state index >= 15 is 0 Å². The zero-order valence-electron chi connectivity index (χ0n) is 15.3. The van der Waals surface area contributed by atoms with Crippen LogP contribution in [0.2, 0.25) is 0 Å². The monoisotopic (exact) mass is 352 g/mol. The van der Waals surface area contributed by atoms with Crippen LogP contribution in [0.3, 0.4) is 0 Å². The minimum absolute atomic E-state index is 0. The SMILES string of the molecule is CCC(C)N(Cc1ccccc1)C(=O)CC(C)C1CCCNC1.Cl. The quantitative estimate of drug-likeness (QED) is 0.795. The van der Waals surface area contributed by atoms with Gasteiger partial charge >= 0.3 is 0 Å². The van der Waals surface area contributed by atoms with Crippen LogP contribution >= 0.6 is 12.4 Å². The van der Waals surface area contributed by atoms with Crippen LogP contribution in [0.4, 0.5) is 0 Å². The highest BCUT2D eigenvalue weighted by Gasteiger charge is 2.26. The Balaban J connectivity index is 0.00000288. The summed E-state index contributed by atoms with van der Waals surface area (Å²) in [5, 5.41) is 3.47. The number of hydrogen-bond acceptors (Lipinski definition) is 2. The number of benzene rings is 1. The molecule has 0 saturated carbocycles. The molecule has 24 heavy (non-hydrogen) atoms. The van der Waals surface area contributed by atoms with E-state index in [0.717, 1.165) is 26.1 Å².